The Hall–Kier alpha value is -2.57. The molecule has 2 N–H and O–H groups in total. The summed E-state index contributed by atoms with van der Waals surface area (Å²) in [6, 6.07) is 5.31. The van der Waals surface area contributed by atoms with Gasteiger partial charge in [-0.3, -0.25) is 4.79 Å². The van der Waals surface area contributed by atoms with E-state index in [1.165, 1.54) is 6.26 Å². The van der Waals surface area contributed by atoms with Crippen LogP contribution in [0.25, 0.3) is 0 Å². The number of amides is 1. The lowest BCUT2D eigenvalue weighted by atomic mass is 10.2. The quantitative estimate of drug-likeness (QED) is 0.883. The van der Waals surface area contributed by atoms with Crippen LogP contribution < -0.4 is 10.6 Å². The van der Waals surface area contributed by atoms with Gasteiger partial charge in [0.2, 0.25) is 5.95 Å². The molecule has 7 heteroatoms. The minimum atomic E-state index is -0.0713. The highest BCUT2D eigenvalue weighted by Crippen LogP contribution is 2.17. The number of rotatable bonds is 2. The second kappa shape index (κ2) is 5.43. The fourth-order valence-corrected chi connectivity index (χ4v) is 2.43. The maximum absolute atomic E-state index is 12.2. The molecule has 0 aromatic carbocycles. The number of furan rings is 1. The van der Waals surface area contributed by atoms with Crippen LogP contribution in [-0.4, -0.2) is 47.0 Å². The Labute approximate surface area is 122 Å². The SMILES string of the molecule is Cc1cc(N2CCN(C(=O)c3ccco3)CC2)nc(N)n1. The van der Waals surface area contributed by atoms with Crippen molar-refractivity contribution in [2.75, 3.05) is 36.8 Å². The van der Waals surface area contributed by atoms with Crippen molar-refractivity contribution >= 4 is 17.7 Å². The van der Waals surface area contributed by atoms with Crippen molar-refractivity contribution in [3.63, 3.8) is 0 Å². The zero-order valence-electron chi connectivity index (χ0n) is 11.8. The number of carbonyl (C=O) groups excluding carboxylic acids is 1. The van der Waals surface area contributed by atoms with E-state index >= 15 is 0 Å². The van der Waals surface area contributed by atoms with Crippen molar-refractivity contribution in [2.24, 2.45) is 0 Å². The van der Waals surface area contributed by atoms with Gasteiger partial charge >= 0.3 is 0 Å². The molecule has 0 aliphatic carbocycles. The lowest BCUT2D eigenvalue weighted by Crippen LogP contribution is -2.49. The highest BCUT2D eigenvalue weighted by atomic mass is 16.3. The molecule has 0 saturated carbocycles. The number of hydrogen-bond acceptors (Lipinski definition) is 6. The molecule has 1 aliphatic heterocycles. The number of nitrogen functional groups attached to an aromatic ring is 1. The van der Waals surface area contributed by atoms with Gasteiger partial charge in [0.05, 0.1) is 6.26 Å². The molecule has 3 rings (SSSR count). The highest BCUT2D eigenvalue weighted by molar-refractivity contribution is 5.91. The Morgan fingerprint density at radius 2 is 2.05 bits per heavy atom. The minimum absolute atomic E-state index is 0.0713. The topological polar surface area (TPSA) is 88.5 Å². The maximum atomic E-state index is 12.2. The smallest absolute Gasteiger partial charge is 0.289 e. The molecule has 3 heterocycles. The van der Waals surface area contributed by atoms with E-state index in [0.29, 0.717) is 31.9 Å². The van der Waals surface area contributed by atoms with Crippen LogP contribution in [0, 0.1) is 6.92 Å². The number of aryl methyl sites for hydroxylation is 1. The predicted octanol–water partition coefficient (Wildman–Crippen LogP) is 0.923. The number of carbonyl (C=O) groups is 1. The molecular weight excluding hydrogens is 270 g/mol. The summed E-state index contributed by atoms with van der Waals surface area (Å²) in [5.41, 5.74) is 6.52. The normalized spacial score (nSPS) is 15.3. The monoisotopic (exact) mass is 287 g/mol. The Kier molecular flexibility index (Phi) is 3.47. The van der Waals surface area contributed by atoms with Crippen LogP contribution in [0.3, 0.4) is 0 Å². The van der Waals surface area contributed by atoms with Crippen LogP contribution in [0.15, 0.2) is 28.9 Å². The first kappa shape index (κ1) is 13.4. The number of hydrogen-bond donors (Lipinski definition) is 1. The van der Waals surface area contributed by atoms with E-state index in [4.69, 9.17) is 10.2 Å². The zero-order chi connectivity index (χ0) is 14.8. The second-order valence-corrected chi connectivity index (χ2v) is 4.98. The van der Waals surface area contributed by atoms with Crippen molar-refractivity contribution in [2.45, 2.75) is 6.92 Å². The number of aromatic nitrogens is 2. The number of anilines is 2. The number of nitrogens with two attached hydrogens (primary N) is 1. The molecule has 1 amide bonds. The lowest BCUT2D eigenvalue weighted by molar-refractivity contribution is 0.0714. The Balaban J connectivity index is 1.66. The second-order valence-electron chi connectivity index (χ2n) is 4.98. The van der Waals surface area contributed by atoms with Crippen molar-refractivity contribution < 1.29 is 9.21 Å². The fraction of sp³-hybridized carbons (Fsp3) is 0.357. The first-order valence-electron chi connectivity index (χ1n) is 6.82. The third-order valence-corrected chi connectivity index (χ3v) is 3.48. The van der Waals surface area contributed by atoms with Crippen molar-refractivity contribution in [3.05, 3.63) is 35.9 Å². The summed E-state index contributed by atoms with van der Waals surface area (Å²) >= 11 is 0. The molecule has 0 bridgehead atoms. The van der Waals surface area contributed by atoms with Gasteiger partial charge in [-0.25, -0.2) is 4.98 Å². The summed E-state index contributed by atoms with van der Waals surface area (Å²) in [7, 11) is 0. The molecule has 2 aromatic heterocycles. The van der Waals surface area contributed by atoms with Gasteiger partial charge in [0.25, 0.3) is 5.91 Å². The molecule has 110 valence electrons. The molecule has 2 aromatic rings. The lowest BCUT2D eigenvalue weighted by Gasteiger charge is -2.35. The summed E-state index contributed by atoms with van der Waals surface area (Å²) in [5.74, 6) is 1.40. The molecular formula is C14H17N5O2. The van der Waals surface area contributed by atoms with Gasteiger partial charge in [0.15, 0.2) is 5.76 Å². The number of nitrogens with zero attached hydrogens (tertiary/aromatic N) is 4. The third-order valence-electron chi connectivity index (χ3n) is 3.48. The van der Waals surface area contributed by atoms with Crippen LogP contribution in [0.4, 0.5) is 11.8 Å². The summed E-state index contributed by atoms with van der Waals surface area (Å²) in [5, 5.41) is 0. The first-order chi connectivity index (χ1) is 10.1. The van der Waals surface area contributed by atoms with E-state index in [2.05, 4.69) is 14.9 Å². The van der Waals surface area contributed by atoms with Crippen molar-refractivity contribution in [3.8, 4) is 0 Å². The molecule has 0 radical (unpaired) electrons. The Morgan fingerprint density at radius 1 is 1.29 bits per heavy atom. The van der Waals surface area contributed by atoms with E-state index in [1.807, 2.05) is 13.0 Å². The van der Waals surface area contributed by atoms with Gasteiger partial charge in [-0.2, -0.15) is 4.98 Å². The predicted molar refractivity (Wildman–Crippen MR) is 78.0 cm³/mol. The zero-order valence-corrected chi connectivity index (χ0v) is 11.8. The average Bonchev–Trinajstić information content (AvgIpc) is 3.00. The summed E-state index contributed by atoms with van der Waals surface area (Å²) in [4.78, 5) is 24.4. The third kappa shape index (κ3) is 2.81. The molecule has 21 heavy (non-hydrogen) atoms. The van der Waals surface area contributed by atoms with Gasteiger partial charge < -0.3 is 20.0 Å². The van der Waals surface area contributed by atoms with E-state index < -0.39 is 0 Å². The van der Waals surface area contributed by atoms with Crippen LogP contribution in [0.2, 0.25) is 0 Å². The van der Waals surface area contributed by atoms with Gasteiger partial charge in [0, 0.05) is 37.9 Å². The van der Waals surface area contributed by atoms with E-state index in [-0.39, 0.29) is 11.9 Å². The van der Waals surface area contributed by atoms with Crippen LogP contribution >= 0.6 is 0 Å². The fourth-order valence-electron chi connectivity index (χ4n) is 2.43. The van der Waals surface area contributed by atoms with Gasteiger partial charge in [-0.1, -0.05) is 0 Å². The van der Waals surface area contributed by atoms with E-state index in [9.17, 15) is 4.79 Å². The van der Waals surface area contributed by atoms with Crippen LogP contribution in [0.5, 0.6) is 0 Å². The van der Waals surface area contributed by atoms with E-state index in [1.54, 1.807) is 17.0 Å². The maximum Gasteiger partial charge on any atom is 0.289 e. The first-order valence-corrected chi connectivity index (χ1v) is 6.82. The largest absolute Gasteiger partial charge is 0.459 e. The minimum Gasteiger partial charge on any atom is -0.459 e. The molecule has 0 spiro atoms. The van der Waals surface area contributed by atoms with Gasteiger partial charge in [-0.05, 0) is 19.1 Å². The van der Waals surface area contributed by atoms with Crippen LogP contribution in [0.1, 0.15) is 16.2 Å². The van der Waals surface area contributed by atoms with Crippen LogP contribution in [-0.2, 0) is 0 Å². The molecule has 1 aliphatic rings. The van der Waals surface area contributed by atoms with Crippen molar-refractivity contribution in [1.82, 2.24) is 14.9 Å². The molecule has 0 atom stereocenters. The Bertz CT molecular complexity index is 613. The number of piperazine rings is 1. The molecule has 7 nitrogen and oxygen atoms in total. The highest BCUT2D eigenvalue weighted by Gasteiger charge is 2.24. The average molecular weight is 287 g/mol. The summed E-state index contributed by atoms with van der Waals surface area (Å²) in [6.07, 6.45) is 1.51. The standard InChI is InChI=1S/C14H17N5O2/c1-10-9-12(17-14(15)16-10)18-4-6-19(7-5-18)13(20)11-3-2-8-21-11/h2-3,8-9H,4-7H2,1H3,(H2,15,16,17). The van der Waals surface area contributed by atoms with Gasteiger partial charge in [-0.15, -0.1) is 0 Å². The Morgan fingerprint density at radius 3 is 2.67 bits per heavy atom. The molecule has 0 unspecified atom stereocenters. The summed E-state index contributed by atoms with van der Waals surface area (Å²) < 4.78 is 5.15. The van der Waals surface area contributed by atoms with Crippen molar-refractivity contribution in [1.29, 1.82) is 0 Å². The summed E-state index contributed by atoms with van der Waals surface area (Å²) in [6.45, 7) is 4.56. The molecule has 1 fully saturated rings. The van der Waals surface area contributed by atoms with E-state index in [0.717, 1.165) is 11.5 Å². The molecule has 1 saturated heterocycles. The van der Waals surface area contributed by atoms with Gasteiger partial charge in [0.1, 0.15) is 5.82 Å².